The molecule has 1 atom stereocenters. The van der Waals surface area contributed by atoms with Gasteiger partial charge in [0.2, 0.25) is 0 Å². The van der Waals surface area contributed by atoms with Crippen molar-refractivity contribution in [2.24, 2.45) is 17.1 Å². The number of aromatic nitrogens is 3. The van der Waals surface area contributed by atoms with Crippen LogP contribution in [0, 0.1) is 17.2 Å². The van der Waals surface area contributed by atoms with Crippen LogP contribution in [-0.2, 0) is 0 Å². The van der Waals surface area contributed by atoms with Gasteiger partial charge in [0.15, 0.2) is 5.82 Å². The molecule has 2 fully saturated rings. The third-order valence-electron chi connectivity index (χ3n) is 7.69. The van der Waals surface area contributed by atoms with Gasteiger partial charge in [0.25, 0.3) is 11.8 Å². The Kier molecular flexibility index (Phi) is 9.89. The van der Waals surface area contributed by atoms with Crippen molar-refractivity contribution in [1.29, 1.82) is 0 Å². The lowest BCUT2D eigenvalue weighted by Crippen LogP contribution is -2.62. The van der Waals surface area contributed by atoms with Crippen LogP contribution < -0.4 is 15.4 Å². The molecule has 4 rings (SSSR count). The summed E-state index contributed by atoms with van der Waals surface area (Å²) in [7, 11) is 0. The number of likely N-dealkylation sites (tertiary alicyclic amines) is 1. The second kappa shape index (κ2) is 12.5. The smallest absolute Gasteiger partial charge is 0.282 e. The number of anilines is 1. The summed E-state index contributed by atoms with van der Waals surface area (Å²) in [6, 6.07) is 4.43. The summed E-state index contributed by atoms with van der Waals surface area (Å²) in [6.07, 6.45) is 3.47. The number of ether oxygens (including phenoxy) is 1. The molecule has 210 valence electrons. The maximum Gasteiger partial charge on any atom is 0.282 e. The number of nitrogens with two attached hydrogens (primary N) is 1. The summed E-state index contributed by atoms with van der Waals surface area (Å²) in [4.78, 5) is 24.1. The lowest BCUT2D eigenvalue weighted by Gasteiger charge is -2.52. The molecule has 2 aliphatic heterocycles. The molecule has 1 aromatic carbocycles. The minimum Gasteiger partial charge on any atom is -0.434 e. The Hall–Kier alpha value is -2.56. The summed E-state index contributed by atoms with van der Waals surface area (Å²) < 4.78 is 20.3. The minimum atomic E-state index is -0.502. The molecule has 1 aromatic heterocycles. The quantitative estimate of drug-likeness (QED) is 0.475. The van der Waals surface area contributed by atoms with Crippen LogP contribution in [-0.4, -0.2) is 82.2 Å². The Balaban J connectivity index is 0.00000400. The molecule has 2 saturated heterocycles. The summed E-state index contributed by atoms with van der Waals surface area (Å²) in [5.74, 6) is 0.810. The normalized spacial score (nSPS) is 17.4. The van der Waals surface area contributed by atoms with Crippen LogP contribution >= 0.6 is 12.4 Å². The zero-order chi connectivity index (χ0) is 26.7. The van der Waals surface area contributed by atoms with Crippen molar-refractivity contribution < 1.29 is 13.9 Å². The van der Waals surface area contributed by atoms with Gasteiger partial charge in [0.1, 0.15) is 17.9 Å². The van der Waals surface area contributed by atoms with E-state index in [0.717, 1.165) is 39.0 Å². The van der Waals surface area contributed by atoms with Gasteiger partial charge >= 0.3 is 0 Å². The average molecular weight is 550 g/mol. The van der Waals surface area contributed by atoms with E-state index in [2.05, 4.69) is 38.8 Å². The van der Waals surface area contributed by atoms with E-state index < -0.39 is 5.82 Å². The molecule has 0 bridgehead atoms. The molecule has 9 nitrogen and oxygen atoms in total. The Morgan fingerprint density at radius 3 is 2.61 bits per heavy atom. The molecule has 0 radical (unpaired) electrons. The predicted molar refractivity (Wildman–Crippen MR) is 149 cm³/mol. The molecule has 11 heteroatoms. The maximum absolute atomic E-state index is 14.2. The molecule has 2 aromatic rings. The van der Waals surface area contributed by atoms with Crippen LogP contribution in [0.25, 0.3) is 0 Å². The monoisotopic (exact) mass is 549 g/mol. The van der Waals surface area contributed by atoms with Crippen molar-refractivity contribution in [1.82, 2.24) is 25.0 Å². The van der Waals surface area contributed by atoms with Crippen molar-refractivity contribution in [3.05, 3.63) is 35.9 Å². The van der Waals surface area contributed by atoms with Crippen molar-refractivity contribution in [2.45, 2.75) is 59.5 Å². The average Bonchev–Trinajstić information content (AvgIpc) is 3.29. The molecule has 1 amide bonds. The summed E-state index contributed by atoms with van der Waals surface area (Å²) in [6.45, 7) is 15.2. The Morgan fingerprint density at radius 1 is 1.24 bits per heavy atom. The standard InChI is InChI=1S/C27H40FN7O2.ClH/c1-6-35(19(4)5)26(36)21-13-20(28)7-8-23(21)37-25-24(30-17-31-32-25)33-12-10-27(14-33)15-34(16-27)22(9-11-29)18(2)3;/h7-8,13,17-19,22H,6,9-12,14-16,29H2,1-5H3;1H. The summed E-state index contributed by atoms with van der Waals surface area (Å²) >= 11 is 0. The van der Waals surface area contributed by atoms with Crippen LogP contribution in [0.15, 0.2) is 24.5 Å². The van der Waals surface area contributed by atoms with Gasteiger partial charge in [-0.1, -0.05) is 13.8 Å². The van der Waals surface area contributed by atoms with Crippen LogP contribution in [0.2, 0.25) is 0 Å². The molecular weight excluding hydrogens is 509 g/mol. The second-order valence-electron chi connectivity index (χ2n) is 11.0. The van der Waals surface area contributed by atoms with E-state index in [9.17, 15) is 9.18 Å². The first kappa shape index (κ1) is 30.0. The van der Waals surface area contributed by atoms with E-state index in [0.29, 0.717) is 30.9 Å². The van der Waals surface area contributed by atoms with E-state index in [1.165, 1.54) is 24.5 Å². The fourth-order valence-corrected chi connectivity index (χ4v) is 5.83. The molecule has 1 spiro atoms. The zero-order valence-corrected chi connectivity index (χ0v) is 23.9. The van der Waals surface area contributed by atoms with E-state index in [1.54, 1.807) is 4.90 Å². The van der Waals surface area contributed by atoms with Crippen LogP contribution in [0.3, 0.4) is 0 Å². The third-order valence-corrected chi connectivity index (χ3v) is 7.69. The topological polar surface area (TPSA) is 101 Å². The van der Waals surface area contributed by atoms with Crippen molar-refractivity contribution in [2.75, 3.05) is 44.2 Å². The number of hydrogen-bond acceptors (Lipinski definition) is 8. The van der Waals surface area contributed by atoms with E-state index >= 15 is 0 Å². The SMILES string of the molecule is CCN(C(=O)c1cc(F)ccc1Oc1nncnc1N1CCC2(C1)CN(C(CCN)C(C)C)C2)C(C)C.Cl. The summed E-state index contributed by atoms with van der Waals surface area (Å²) in [5, 5.41) is 8.13. The molecular formula is C27H41ClFN7O2. The number of halogens is 2. The Bertz CT molecular complexity index is 1100. The van der Waals surface area contributed by atoms with Gasteiger partial charge in [0.05, 0.1) is 5.56 Å². The summed E-state index contributed by atoms with van der Waals surface area (Å²) in [5.41, 5.74) is 6.23. The number of carbonyl (C=O) groups excluding carboxylic acids is 1. The molecule has 38 heavy (non-hydrogen) atoms. The molecule has 1 unspecified atom stereocenters. The molecule has 0 aliphatic carbocycles. The Labute approximate surface area is 231 Å². The Morgan fingerprint density at radius 2 is 1.97 bits per heavy atom. The first-order chi connectivity index (χ1) is 17.7. The van der Waals surface area contributed by atoms with Crippen LogP contribution in [0.1, 0.15) is 57.8 Å². The van der Waals surface area contributed by atoms with Crippen LogP contribution in [0.5, 0.6) is 11.6 Å². The highest BCUT2D eigenvalue weighted by molar-refractivity contribution is 5.97. The maximum atomic E-state index is 14.2. The number of amides is 1. The number of nitrogens with zero attached hydrogens (tertiary/aromatic N) is 6. The largest absolute Gasteiger partial charge is 0.434 e. The molecule has 3 heterocycles. The highest BCUT2D eigenvalue weighted by Gasteiger charge is 2.50. The highest BCUT2D eigenvalue weighted by Crippen LogP contribution is 2.44. The van der Waals surface area contributed by atoms with Gasteiger partial charge in [-0.05, 0) is 64.3 Å². The van der Waals surface area contributed by atoms with Gasteiger partial charge in [0, 0.05) is 50.2 Å². The highest BCUT2D eigenvalue weighted by atomic mass is 35.5. The van der Waals surface area contributed by atoms with Crippen molar-refractivity contribution in [3.63, 3.8) is 0 Å². The minimum absolute atomic E-state index is 0. The second-order valence-corrected chi connectivity index (χ2v) is 11.0. The van der Waals surface area contributed by atoms with Gasteiger partial charge in [-0.15, -0.1) is 22.6 Å². The first-order valence-electron chi connectivity index (χ1n) is 13.3. The molecule has 0 saturated carbocycles. The lowest BCUT2D eigenvalue weighted by atomic mass is 9.76. The first-order valence-corrected chi connectivity index (χ1v) is 13.3. The predicted octanol–water partition coefficient (Wildman–Crippen LogP) is 3.98. The van der Waals surface area contributed by atoms with Gasteiger partial charge < -0.3 is 20.3 Å². The number of hydrogen-bond donors (Lipinski definition) is 1. The lowest BCUT2D eigenvalue weighted by molar-refractivity contribution is -0.0325. The van der Waals surface area contributed by atoms with Gasteiger partial charge in [-0.2, -0.15) is 0 Å². The third kappa shape index (κ3) is 6.18. The fourth-order valence-electron chi connectivity index (χ4n) is 5.83. The fraction of sp³-hybridized carbons (Fsp3) is 0.630. The number of rotatable bonds is 10. The van der Waals surface area contributed by atoms with E-state index in [4.69, 9.17) is 10.5 Å². The number of benzene rings is 1. The molecule has 2 aliphatic rings. The van der Waals surface area contributed by atoms with Gasteiger partial charge in [-0.3, -0.25) is 9.69 Å². The van der Waals surface area contributed by atoms with E-state index in [1.807, 2.05) is 20.8 Å². The zero-order valence-electron chi connectivity index (χ0n) is 23.1. The molecule has 2 N–H and O–H groups in total. The van der Waals surface area contributed by atoms with Gasteiger partial charge in [-0.25, -0.2) is 9.37 Å². The number of carbonyl (C=O) groups is 1. The van der Waals surface area contributed by atoms with Crippen molar-refractivity contribution >= 4 is 24.1 Å². The van der Waals surface area contributed by atoms with Crippen molar-refractivity contribution in [3.8, 4) is 11.6 Å². The van der Waals surface area contributed by atoms with Crippen LogP contribution in [0.4, 0.5) is 10.2 Å². The van der Waals surface area contributed by atoms with E-state index in [-0.39, 0.29) is 47.0 Å².